The highest BCUT2D eigenvalue weighted by Gasteiger charge is 2.23. The molecule has 2 aromatic rings. The molecule has 0 bridgehead atoms. The molecule has 0 radical (unpaired) electrons. The lowest BCUT2D eigenvalue weighted by molar-refractivity contribution is -0.125. The second-order valence-corrected chi connectivity index (χ2v) is 5.63. The Kier molecular flexibility index (Phi) is 3.94. The highest BCUT2D eigenvalue weighted by molar-refractivity contribution is 5.98. The van der Waals surface area contributed by atoms with Crippen molar-refractivity contribution in [3.05, 3.63) is 41.4 Å². The van der Waals surface area contributed by atoms with Crippen molar-refractivity contribution in [1.82, 2.24) is 4.90 Å². The van der Waals surface area contributed by atoms with Gasteiger partial charge in [0, 0.05) is 24.2 Å². The summed E-state index contributed by atoms with van der Waals surface area (Å²) in [5, 5.41) is 13.2. The number of nitriles is 1. The van der Waals surface area contributed by atoms with E-state index in [-0.39, 0.29) is 17.3 Å². The summed E-state index contributed by atoms with van der Waals surface area (Å²) < 4.78 is 5.52. The number of nitrogens with one attached hydrogen (secondary N) is 1. The van der Waals surface area contributed by atoms with Gasteiger partial charge in [-0.1, -0.05) is 0 Å². The summed E-state index contributed by atoms with van der Waals surface area (Å²) in [6.07, 6.45) is 1.93. The maximum Gasteiger partial charge on any atom is 0.268 e. The quantitative estimate of drug-likeness (QED) is 0.670. The Morgan fingerprint density at radius 3 is 2.78 bits per heavy atom. The number of carbonyl (C=O) groups excluding carboxylic acids is 1. The van der Waals surface area contributed by atoms with Crippen LogP contribution in [-0.2, 0) is 4.79 Å². The first-order valence-corrected chi connectivity index (χ1v) is 7.55. The Morgan fingerprint density at radius 1 is 1.35 bits per heavy atom. The van der Waals surface area contributed by atoms with Gasteiger partial charge in [-0.3, -0.25) is 4.79 Å². The molecular formula is C17H18N4O2. The van der Waals surface area contributed by atoms with E-state index in [4.69, 9.17) is 10.2 Å². The largest absolute Gasteiger partial charge is 0.461 e. The molecule has 0 spiro atoms. The van der Waals surface area contributed by atoms with Gasteiger partial charge < -0.3 is 20.4 Å². The van der Waals surface area contributed by atoms with Crippen molar-refractivity contribution in [2.24, 2.45) is 5.73 Å². The third-order valence-corrected chi connectivity index (χ3v) is 3.91. The van der Waals surface area contributed by atoms with Gasteiger partial charge in [-0.15, -0.1) is 0 Å². The molecule has 1 fully saturated rings. The van der Waals surface area contributed by atoms with Crippen LogP contribution >= 0.6 is 0 Å². The van der Waals surface area contributed by atoms with Crippen LogP contribution in [0.15, 0.2) is 40.1 Å². The number of nitrogens with two attached hydrogens (primary N) is 1. The zero-order valence-electron chi connectivity index (χ0n) is 12.9. The normalized spacial score (nSPS) is 15.4. The number of rotatable bonds is 3. The predicted octanol–water partition coefficient (Wildman–Crippen LogP) is 2.47. The maximum absolute atomic E-state index is 12.3. The zero-order valence-corrected chi connectivity index (χ0v) is 12.9. The molecule has 1 aromatic heterocycles. The number of furan rings is 1. The molecule has 1 saturated heterocycles. The summed E-state index contributed by atoms with van der Waals surface area (Å²) >= 11 is 0. The van der Waals surface area contributed by atoms with Gasteiger partial charge in [0.15, 0.2) is 5.57 Å². The number of carbonyl (C=O) groups is 1. The van der Waals surface area contributed by atoms with Crippen molar-refractivity contribution in [3.8, 4) is 6.07 Å². The monoisotopic (exact) mass is 310 g/mol. The van der Waals surface area contributed by atoms with Crippen molar-refractivity contribution in [1.29, 1.82) is 5.26 Å². The molecule has 118 valence electrons. The predicted molar refractivity (Wildman–Crippen MR) is 87.2 cm³/mol. The van der Waals surface area contributed by atoms with E-state index < -0.39 is 0 Å². The Hall–Kier alpha value is -2.94. The topological polar surface area (TPSA) is 95.3 Å². The molecule has 2 heterocycles. The van der Waals surface area contributed by atoms with E-state index in [0.29, 0.717) is 18.8 Å². The molecular weight excluding hydrogens is 292 g/mol. The molecule has 3 N–H and O–H groups in total. The van der Waals surface area contributed by atoms with Crippen molar-refractivity contribution in [2.45, 2.75) is 19.8 Å². The summed E-state index contributed by atoms with van der Waals surface area (Å²) in [7, 11) is 0. The highest BCUT2D eigenvalue weighted by Crippen LogP contribution is 2.23. The number of hydrogen-bond donors (Lipinski definition) is 2. The second kappa shape index (κ2) is 6.05. The fourth-order valence-electron chi connectivity index (χ4n) is 2.77. The second-order valence-electron chi connectivity index (χ2n) is 5.63. The minimum atomic E-state index is -0.310. The van der Waals surface area contributed by atoms with Crippen LogP contribution in [0.4, 0.5) is 5.69 Å². The number of aryl methyl sites for hydroxylation is 1. The van der Waals surface area contributed by atoms with Crippen LogP contribution in [0.3, 0.4) is 0 Å². The minimum absolute atomic E-state index is 0.0460. The Bertz CT molecular complexity index is 823. The molecule has 0 aliphatic carbocycles. The van der Waals surface area contributed by atoms with Crippen LogP contribution in [0.25, 0.3) is 11.0 Å². The Balaban J connectivity index is 1.85. The molecule has 3 rings (SSSR count). The van der Waals surface area contributed by atoms with E-state index in [0.717, 1.165) is 29.6 Å². The van der Waals surface area contributed by atoms with Gasteiger partial charge >= 0.3 is 0 Å². The molecule has 0 saturated carbocycles. The third kappa shape index (κ3) is 2.99. The van der Waals surface area contributed by atoms with E-state index in [1.165, 1.54) is 0 Å². The molecule has 0 atom stereocenters. The summed E-state index contributed by atoms with van der Waals surface area (Å²) in [4.78, 5) is 14.0. The minimum Gasteiger partial charge on any atom is -0.461 e. The van der Waals surface area contributed by atoms with Crippen LogP contribution in [0.1, 0.15) is 18.6 Å². The Labute approximate surface area is 134 Å². The van der Waals surface area contributed by atoms with Crippen molar-refractivity contribution in [2.75, 3.05) is 18.4 Å². The summed E-state index contributed by atoms with van der Waals surface area (Å²) in [6, 6.07) is 9.33. The van der Waals surface area contributed by atoms with Crippen LogP contribution in [0, 0.1) is 18.3 Å². The summed E-state index contributed by atoms with van der Waals surface area (Å²) in [5.74, 6) is 0.585. The molecule has 6 heteroatoms. The number of fused-ring (bicyclic) bond motifs is 1. The van der Waals surface area contributed by atoms with Gasteiger partial charge in [0.25, 0.3) is 5.91 Å². The number of amides is 1. The first kappa shape index (κ1) is 15.0. The van der Waals surface area contributed by atoms with Crippen molar-refractivity contribution < 1.29 is 9.21 Å². The average molecular weight is 310 g/mol. The Morgan fingerprint density at radius 2 is 2.09 bits per heavy atom. The van der Waals surface area contributed by atoms with Crippen LogP contribution < -0.4 is 11.1 Å². The van der Waals surface area contributed by atoms with Gasteiger partial charge in [-0.25, -0.2) is 0 Å². The van der Waals surface area contributed by atoms with Gasteiger partial charge in [-0.05, 0) is 44.0 Å². The smallest absolute Gasteiger partial charge is 0.268 e. The zero-order chi connectivity index (χ0) is 16.4. The standard InChI is InChI=1S/C17H18N4O2/c1-11-8-12-9-13(4-5-15(12)23-11)20-16(19)14(10-18)17(22)21-6-2-3-7-21/h4-5,8-9,20H,2-3,6-7,19H2,1H3/b16-14+. The number of nitrogens with zero attached hydrogens (tertiary/aromatic N) is 2. The first-order valence-electron chi connectivity index (χ1n) is 7.55. The van der Waals surface area contributed by atoms with Gasteiger partial charge in [0.2, 0.25) is 0 Å². The SMILES string of the molecule is Cc1cc2cc(N/C(N)=C(\C#N)C(=O)N3CCCC3)ccc2o1. The fourth-order valence-corrected chi connectivity index (χ4v) is 2.77. The lowest BCUT2D eigenvalue weighted by Crippen LogP contribution is -2.31. The molecule has 1 amide bonds. The number of anilines is 1. The van der Waals surface area contributed by atoms with E-state index >= 15 is 0 Å². The highest BCUT2D eigenvalue weighted by atomic mass is 16.3. The molecule has 1 aliphatic heterocycles. The average Bonchev–Trinajstić information content (AvgIpc) is 3.15. The molecule has 23 heavy (non-hydrogen) atoms. The lowest BCUT2D eigenvalue weighted by atomic mass is 10.2. The van der Waals surface area contributed by atoms with E-state index in [1.807, 2.05) is 31.2 Å². The summed E-state index contributed by atoms with van der Waals surface area (Å²) in [6.45, 7) is 3.24. The van der Waals surface area contributed by atoms with Gasteiger partial charge in [0.1, 0.15) is 23.2 Å². The van der Waals surface area contributed by atoms with Crippen molar-refractivity contribution in [3.63, 3.8) is 0 Å². The van der Waals surface area contributed by atoms with Crippen LogP contribution in [0.2, 0.25) is 0 Å². The van der Waals surface area contributed by atoms with E-state index in [9.17, 15) is 10.1 Å². The number of benzene rings is 1. The maximum atomic E-state index is 12.3. The first-order chi connectivity index (χ1) is 11.1. The van der Waals surface area contributed by atoms with E-state index in [2.05, 4.69) is 5.32 Å². The van der Waals surface area contributed by atoms with Gasteiger partial charge in [0.05, 0.1) is 0 Å². The number of likely N-dealkylation sites (tertiary alicyclic amines) is 1. The van der Waals surface area contributed by atoms with Crippen molar-refractivity contribution >= 4 is 22.6 Å². The van der Waals surface area contributed by atoms with Gasteiger partial charge in [-0.2, -0.15) is 5.26 Å². The third-order valence-electron chi connectivity index (χ3n) is 3.91. The molecule has 6 nitrogen and oxygen atoms in total. The molecule has 0 unspecified atom stereocenters. The molecule has 1 aromatic carbocycles. The van der Waals surface area contributed by atoms with E-state index in [1.54, 1.807) is 11.0 Å². The lowest BCUT2D eigenvalue weighted by Gasteiger charge is -2.16. The fraction of sp³-hybridized carbons (Fsp3) is 0.294. The number of hydrogen-bond acceptors (Lipinski definition) is 5. The van der Waals surface area contributed by atoms with Crippen LogP contribution in [-0.4, -0.2) is 23.9 Å². The van der Waals surface area contributed by atoms with Crippen LogP contribution in [0.5, 0.6) is 0 Å². The summed E-state index contributed by atoms with van der Waals surface area (Å²) in [5.41, 5.74) is 7.40. The molecule has 1 aliphatic rings.